The van der Waals surface area contributed by atoms with Crippen molar-refractivity contribution in [1.29, 1.82) is 0 Å². The van der Waals surface area contributed by atoms with Gasteiger partial charge in [0.25, 0.3) is 11.8 Å². The van der Waals surface area contributed by atoms with Gasteiger partial charge < -0.3 is 14.5 Å². The van der Waals surface area contributed by atoms with E-state index in [0.29, 0.717) is 35.1 Å². The van der Waals surface area contributed by atoms with Crippen LogP contribution in [0.25, 0.3) is 0 Å². The molecule has 1 fully saturated rings. The molecule has 0 atom stereocenters. The Balaban J connectivity index is 1.53. The lowest BCUT2D eigenvalue weighted by molar-refractivity contribution is 0.0588. The van der Waals surface area contributed by atoms with Crippen molar-refractivity contribution < 1.29 is 14.3 Å². The molecule has 2 heterocycles. The lowest BCUT2D eigenvalue weighted by Gasteiger charge is -2.32. The lowest BCUT2D eigenvalue weighted by Crippen LogP contribution is -2.41. The van der Waals surface area contributed by atoms with Crippen molar-refractivity contribution in [2.45, 2.75) is 18.9 Å². The van der Waals surface area contributed by atoms with Crippen molar-refractivity contribution in [1.82, 2.24) is 14.8 Å². The lowest BCUT2D eigenvalue weighted by atomic mass is 10.1. The first-order chi connectivity index (χ1) is 12.9. The van der Waals surface area contributed by atoms with Gasteiger partial charge in [-0.3, -0.25) is 9.59 Å². The van der Waals surface area contributed by atoms with Crippen LogP contribution >= 0.6 is 11.6 Å². The molecule has 2 aromatic rings. The largest absolute Gasteiger partial charge is 0.474 e. The fraction of sp³-hybridized carbons (Fsp3) is 0.350. The highest BCUT2D eigenvalue weighted by molar-refractivity contribution is 6.30. The smallest absolute Gasteiger partial charge is 0.254 e. The van der Waals surface area contributed by atoms with Gasteiger partial charge in [0.2, 0.25) is 5.88 Å². The predicted octanol–water partition coefficient (Wildman–Crippen LogP) is 3.12. The summed E-state index contributed by atoms with van der Waals surface area (Å²) in [6, 6.07) is 10.4. The monoisotopic (exact) mass is 387 g/mol. The molecule has 0 saturated carbocycles. The zero-order valence-corrected chi connectivity index (χ0v) is 16.1. The van der Waals surface area contributed by atoms with Crippen LogP contribution in [0.15, 0.2) is 42.6 Å². The van der Waals surface area contributed by atoms with E-state index in [-0.39, 0.29) is 17.9 Å². The molecule has 0 aliphatic carbocycles. The number of ether oxygens (including phenoxy) is 1. The summed E-state index contributed by atoms with van der Waals surface area (Å²) in [7, 11) is 3.40. The highest BCUT2D eigenvalue weighted by atomic mass is 35.5. The Kier molecular flexibility index (Phi) is 5.96. The van der Waals surface area contributed by atoms with E-state index in [4.69, 9.17) is 16.3 Å². The van der Waals surface area contributed by atoms with Gasteiger partial charge in [-0.1, -0.05) is 17.7 Å². The first-order valence-electron chi connectivity index (χ1n) is 8.83. The zero-order chi connectivity index (χ0) is 19.4. The van der Waals surface area contributed by atoms with Gasteiger partial charge in [-0.25, -0.2) is 4.98 Å². The fourth-order valence-corrected chi connectivity index (χ4v) is 3.18. The molecule has 3 rings (SSSR count). The number of halogens is 1. The molecule has 27 heavy (non-hydrogen) atoms. The number of nitrogens with zero attached hydrogens (tertiary/aromatic N) is 3. The number of amides is 2. The van der Waals surface area contributed by atoms with Crippen molar-refractivity contribution in [3.63, 3.8) is 0 Å². The second kappa shape index (κ2) is 8.39. The quantitative estimate of drug-likeness (QED) is 0.808. The number of aromatic nitrogens is 1. The van der Waals surface area contributed by atoms with Gasteiger partial charge in [-0.15, -0.1) is 0 Å². The minimum atomic E-state index is -0.0955. The number of pyridine rings is 1. The van der Waals surface area contributed by atoms with Crippen LogP contribution in [0.1, 0.15) is 33.6 Å². The second-order valence-electron chi connectivity index (χ2n) is 6.70. The van der Waals surface area contributed by atoms with Crippen LogP contribution in [0.4, 0.5) is 0 Å². The molecule has 1 aliphatic rings. The zero-order valence-electron chi connectivity index (χ0n) is 15.4. The summed E-state index contributed by atoms with van der Waals surface area (Å²) in [6.45, 7) is 1.24. The molecule has 1 aromatic carbocycles. The SMILES string of the molecule is CN(C)C(=O)c1ccc(OC2CCN(C(=O)c3cccc(Cl)c3)CC2)nc1. The van der Waals surface area contributed by atoms with E-state index < -0.39 is 0 Å². The molecular formula is C20H22ClN3O3. The third-order valence-electron chi connectivity index (χ3n) is 4.48. The van der Waals surface area contributed by atoms with Crippen LogP contribution in [0.2, 0.25) is 5.02 Å². The standard InChI is InChI=1S/C20H22ClN3O3/c1-23(2)19(25)15-6-7-18(22-13-15)27-17-8-10-24(11-9-17)20(26)14-4-3-5-16(21)12-14/h3-7,12-13,17H,8-11H2,1-2H3. The molecular weight excluding hydrogens is 366 g/mol. The van der Waals surface area contributed by atoms with Gasteiger partial charge in [0.1, 0.15) is 6.10 Å². The Hall–Kier alpha value is -2.60. The molecule has 6 nitrogen and oxygen atoms in total. The van der Waals surface area contributed by atoms with Gasteiger partial charge in [-0.05, 0) is 24.3 Å². The molecule has 0 N–H and O–H groups in total. The third-order valence-corrected chi connectivity index (χ3v) is 4.71. The molecule has 0 spiro atoms. The minimum absolute atomic E-state index is 0.00342. The maximum absolute atomic E-state index is 12.6. The number of hydrogen-bond acceptors (Lipinski definition) is 4. The molecule has 1 aliphatic heterocycles. The Labute approximate surface area is 163 Å². The maximum atomic E-state index is 12.6. The van der Waals surface area contributed by atoms with Crippen molar-refractivity contribution in [3.8, 4) is 5.88 Å². The van der Waals surface area contributed by atoms with Crippen molar-refractivity contribution >= 4 is 23.4 Å². The molecule has 2 amide bonds. The normalized spacial score (nSPS) is 14.7. The summed E-state index contributed by atoms with van der Waals surface area (Å²) >= 11 is 5.97. The van der Waals surface area contributed by atoms with Crippen LogP contribution in [0.3, 0.4) is 0 Å². The second-order valence-corrected chi connectivity index (χ2v) is 7.14. The van der Waals surface area contributed by atoms with Crippen LogP contribution in [0, 0.1) is 0 Å². The first-order valence-corrected chi connectivity index (χ1v) is 9.21. The van der Waals surface area contributed by atoms with Gasteiger partial charge in [0, 0.05) is 62.9 Å². The van der Waals surface area contributed by atoms with E-state index in [1.165, 1.54) is 11.1 Å². The summed E-state index contributed by atoms with van der Waals surface area (Å²) in [6.07, 6.45) is 2.98. The highest BCUT2D eigenvalue weighted by Gasteiger charge is 2.25. The van der Waals surface area contributed by atoms with Crippen molar-refractivity contribution in [2.75, 3.05) is 27.2 Å². The van der Waals surface area contributed by atoms with E-state index in [1.54, 1.807) is 50.5 Å². The molecule has 142 valence electrons. The molecule has 0 radical (unpaired) electrons. The van der Waals surface area contributed by atoms with Gasteiger partial charge in [0.05, 0.1) is 5.56 Å². The molecule has 7 heteroatoms. The minimum Gasteiger partial charge on any atom is -0.474 e. The molecule has 0 unspecified atom stereocenters. The van der Waals surface area contributed by atoms with Crippen LogP contribution in [0.5, 0.6) is 5.88 Å². The number of carbonyl (C=O) groups is 2. The first kappa shape index (κ1) is 19.2. The Morgan fingerprint density at radius 1 is 1.15 bits per heavy atom. The summed E-state index contributed by atoms with van der Waals surface area (Å²) in [5.41, 5.74) is 1.12. The van der Waals surface area contributed by atoms with Crippen LogP contribution in [-0.4, -0.2) is 59.9 Å². The van der Waals surface area contributed by atoms with Crippen molar-refractivity contribution in [2.24, 2.45) is 0 Å². The maximum Gasteiger partial charge on any atom is 0.254 e. The summed E-state index contributed by atoms with van der Waals surface area (Å²) in [5.74, 6) is 0.382. The third kappa shape index (κ3) is 4.77. The Bertz CT molecular complexity index is 815. The van der Waals surface area contributed by atoms with Gasteiger partial charge >= 0.3 is 0 Å². The van der Waals surface area contributed by atoms with E-state index in [2.05, 4.69) is 4.98 Å². The summed E-state index contributed by atoms with van der Waals surface area (Å²) < 4.78 is 5.91. The predicted molar refractivity (Wildman–Crippen MR) is 103 cm³/mol. The molecule has 0 bridgehead atoms. The number of rotatable bonds is 4. The Morgan fingerprint density at radius 2 is 1.89 bits per heavy atom. The number of carbonyl (C=O) groups excluding carboxylic acids is 2. The number of benzene rings is 1. The van der Waals surface area contributed by atoms with Crippen molar-refractivity contribution in [3.05, 3.63) is 58.7 Å². The van der Waals surface area contributed by atoms with Crippen LogP contribution in [-0.2, 0) is 0 Å². The van der Waals surface area contributed by atoms with Gasteiger partial charge in [-0.2, -0.15) is 0 Å². The topological polar surface area (TPSA) is 62.7 Å². The van der Waals surface area contributed by atoms with E-state index >= 15 is 0 Å². The van der Waals surface area contributed by atoms with Gasteiger partial charge in [0.15, 0.2) is 0 Å². The summed E-state index contributed by atoms with van der Waals surface area (Å²) in [5, 5.41) is 0.557. The average molecular weight is 388 g/mol. The Morgan fingerprint density at radius 3 is 2.48 bits per heavy atom. The highest BCUT2D eigenvalue weighted by Crippen LogP contribution is 2.20. The summed E-state index contributed by atoms with van der Waals surface area (Å²) in [4.78, 5) is 32.0. The van der Waals surface area contributed by atoms with E-state index in [1.807, 2.05) is 4.90 Å². The van der Waals surface area contributed by atoms with E-state index in [0.717, 1.165) is 12.8 Å². The molecule has 1 saturated heterocycles. The number of piperidine rings is 1. The van der Waals surface area contributed by atoms with E-state index in [9.17, 15) is 9.59 Å². The average Bonchev–Trinajstić information content (AvgIpc) is 2.68. The molecule has 1 aromatic heterocycles. The van der Waals surface area contributed by atoms with Crippen LogP contribution < -0.4 is 4.74 Å². The number of likely N-dealkylation sites (tertiary alicyclic amines) is 1. The fourth-order valence-electron chi connectivity index (χ4n) is 2.99. The number of hydrogen-bond donors (Lipinski definition) is 0.